The zero-order valence-electron chi connectivity index (χ0n) is 12.3. The van der Waals surface area contributed by atoms with Crippen LogP contribution in [0.15, 0.2) is 76.7 Å². The normalized spacial score (nSPS) is 10.7. The summed E-state index contributed by atoms with van der Waals surface area (Å²) in [4.78, 5) is 0.129. The van der Waals surface area contributed by atoms with Crippen LogP contribution in [-0.2, 0) is 9.84 Å². The molecular formula is C18H11ClN2O2S. The number of rotatable bonds is 2. The van der Waals surface area contributed by atoms with Gasteiger partial charge >= 0.3 is 0 Å². The highest BCUT2D eigenvalue weighted by Crippen LogP contribution is 2.22. The molecule has 0 aliphatic carbocycles. The second kappa shape index (κ2) is 6.83. The quantitative estimate of drug-likeness (QED) is 0.662. The molecule has 0 unspecified atom stereocenters. The van der Waals surface area contributed by atoms with Crippen molar-refractivity contribution in [1.29, 1.82) is 0 Å². The Labute approximate surface area is 145 Å². The first-order valence-corrected chi connectivity index (χ1v) is 8.84. The summed E-state index contributed by atoms with van der Waals surface area (Å²) in [7, 11) is -3.83. The van der Waals surface area contributed by atoms with Crippen molar-refractivity contribution in [3.8, 4) is 11.8 Å². The Bertz CT molecular complexity index is 1020. The first-order chi connectivity index (χ1) is 11.6. The summed E-state index contributed by atoms with van der Waals surface area (Å²) >= 11 is 5.86. The Morgan fingerprint density at radius 2 is 1.46 bits per heavy atom. The van der Waals surface area contributed by atoms with Crippen LogP contribution in [0.1, 0.15) is 11.1 Å². The molecule has 0 saturated carbocycles. The summed E-state index contributed by atoms with van der Waals surface area (Å²) in [6.07, 6.45) is 0. The molecule has 0 spiro atoms. The van der Waals surface area contributed by atoms with Crippen molar-refractivity contribution in [1.82, 2.24) is 10.2 Å². The largest absolute Gasteiger partial charge is 0.226 e. The van der Waals surface area contributed by atoms with Crippen LogP contribution in [0.4, 0.5) is 0 Å². The molecule has 3 aromatic rings. The molecule has 0 amide bonds. The lowest BCUT2D eigenvalue weighted by molar-refractivity contribution is 0.589. The van der Waals surface area contributed by atoms with Gasteiger partial charge in [0.15, 0.2) is 10.2 Å². The summed E-state index contributed by atoms with van der Waals surface area (Å²) in [5.41, 5.74) is 0.969. The van der Waals surface area contributed by atoms with Gasteiger partial charge in [-0.15, -0.1) is 10.2 Å². The third-order valence-electron chi connectivity index (χ3n) is 3.15. The van der Waals surface area contributed by atoms with Crippen LogP contribution in [0.5, 0.6) is 0 Å². The number of halogens is 1. The van der Waals surface area contributed by atoms with Gasteiger partial charge in [-0.05, 0) is 30.3 Å². The van der Waals surface area contributed by atoms with E-state index in [-0.39, 0.29) is 20.6 Å². The van der Waals surface area contributed by atoms with E-state index in [4.69, 9.17) is 11.6 Å². The van der Waals surface area contributed by atoms with E-state index in [1.165, 1.54) is 18.2 Å². The van der Waals surface area contributed by atoms with E-state index in [9.17, 15) is 8.42 Å². The Kier molecular flexibility index (Phi) is 4.61. The lowest BCUT2D eigenvalue weighted by Crippen LogP contribution is -2.08. The molecule has 0 N–H and O–H groups in total. The van der Waals surface area contributed by atoms with Gasteiger partial charge in [0.05, 0.1) is 10.5 Å². The Morgan fingerprint density at radius 1 is 0.833 bits per heavy atom. The lowest BCUT2D eigenvalue weighted by Gasteiger charge is -2.05. The number of sulfone groups is 1. The highest BCUT2D eigenvalue weighted by Gasteiger charge is 2.23. The number of hydrogen-bond donors (Lipinski definition) is 0. The van der Waals surface area contributed by atoms with E-state index in [1.807, 2.05) is 30.3 Å². The summed E-state index contributed by atoms with van der Waals surface area (Å²) in [5, 5.41) is 7.30. The van der Waals surface area contributed by atoms with Crippen molar-refractivity contribution in [3.63, 3.8) is 0 Å². The Balaban J connectivity index is 2.12. The third kappa shape index (κ3) is 3.46. The SMILES string of the molecule is O=S(=O)(c1ccccc1)c1nnc(Cl)cc1C#Cc1ccccc1. The summed E-state index contributed by atoms with van der Waals surface area (Å²) in [5.74, 6) is 5.74. The lowest BCUT2D eigenvalue weighted by atomic mass is 10.2. The second-order valence-electron chi connectivity index (χ2n) is 4.82. The van der Waals surface area contributed by atoms with E-state index in [1.54, 1.807) is 18.2 Å². The average molecular weight is 355 g/mol. The van der Waals surface area contributed by atoms with Crippen LogP contribution in [-0.4, -0.2) is 18.6 Å². The molecule has 1 aromatic heterocycles. The van der Waals surface area contributed by atoms with Crippen LogP contribution >= 0.6 is 11.6 Å². The van der Waals surface area contributed by atoms with E-state index < -0.39 is 9.84 Å². The maximum absolute atomic E-state index is 12.8. The minimum Gasteiger partial charge on any atom is -0.217 e. The fraction of sp³-hybridized carbons (Fsp3) is 0. The maximum Gasteiger partial charge on any atom is 0.226 e. The predicted molar refractivity (Wildman–Crippen MR) is 91.4 cm³/mol. The fourth-order valence-corrected chi connectivity index (χ4v) is 3.45. The van der Waals surface area contributed by atoms with Crippen LogP contribution in [0, 0.1) is 11.8 Å². The summed E-state index contributed by atoms with van der Waals surface area (Å²) in [6, 6.07) is 18.7. The van der Waals surface area contributed by atoms with E-state index in [2.05, 4.69) is 22.0 Å². The van der Waals surface area contributed by atoms with Gasteiger partial charge in [0.1, 0.15) is 0 Å². The van der Waals surface area contributed by atoms with Crippen molar-refractivity contribution in [2.45, 2.75) is 9.92 Å². The first kappa shape index (κ1) is 16.2. The van der Waals surface area contributed by atoms with Crippen LogP contribution in [0.3, 0.4) is 0 Å². The molecule has 2 aromatic carbocycles. The standard InChI is InChI=1S/C18H11ClN2O2S/c19-17-13-15(12-11-14-7-3-1-4-8-14)18(21-20-17)24(22,23)16-9-5-2-6-10-16/h1-10,13H. The molecule has 0 aliphatic heterocycles. The minimum atomic E-state index is -3.83. The van der Waals surface area contributed by atoms with Crippen LogP contribution in [0.2, 0.25) is 5.15 Å². The topological polar surface area (TPSA) is 59.9 Å². The molecule has 3 rings (SSSR count). The minimum absolute atomic E-state index is 0.0828. The highest BCUT2D eigenvalue weighted by atomic mass is 35.5. The van der Waals surface area contributed by atoms with Crippen molar-refractivity contribution < 1.29 is 8.42 Å². The molecule has 6 heteroatoms. The molecule has 1 heterocycles. The zero-order valence-corrected chi connectivity index (χ0v) is 13.9. The molecule has 0 aliphatic rings. The molecule has 0 atom stereocenters. The van der Waals surface area contributed by atoms with Crippen molar-refractivity contribution in [2.24, 2.45) is 0 Å². The molecule has 0 fully saturated rings. The molecule has 118 valence electrons. The third-order valence-corrected chi connectivity index (χ3v) is 5.04. The first-order valence-electron chi connectivity index (χ1n) is 6.98. The van der Waals surface area contributed by atoms with E-state index in [0.717, 1.165) is 5.56 Å². The Hall–Kier alpha value is -2.68. The van der Waals surface area contributed by atoms with Crippen LogP contribution < -0.4 is 0 Å². The number of aromatic nitrogens is 2. The number of benzene rings is 2. The number of nitrogens with zero attached hydrogens (tertiary/aromatic N) is 2. The average Bonchev–Trinajstić information content (AvgIpc) is 2.61. The molecular weight excluding hydrogens is 344 g/mol. The molecule has 0 bridgehead atoms. The molecule has 4 nitrogen and oxygen atoms in total. The number of hydrogen-bond acceptors (Lipinski definition) is 4. The molecule has 24 heavy (non-hydrogen) atoms. The van der Waals surface area contributed by atoms with Gasteiger partial charge < -0.3 is 0 Å². The smallest absolute Gasteiger partial charge is 0.217 e. The molecule has 0 saturated heterocycles. The van der Waals surface area contributed by atoms with Gasteiger partial charge in [0.25, 0.3) is 0 Å². The Morgan fingerprint density at radius 3 is 2.12 bits per heavy atom. The predicted octanol–water partition coefficient (Wildman–Crippen LogP) is 3.36. The fourth-order valence-electron chi connectivity index (χ4n) is 2.02. The summed E-state index contributed by atoms with van der Waals surface area (Å²) in [6.45, 7) is 0. The van der Waals surface area contributed by atoms with Crippen molar-refractivity contribution in [3.05, 3.63) is 83.0 Å². The monoisotopic (exact) mass is 354 g/mol. The van der Waals surface area contributed by atoms with Gasteiger partial charge in [-0.2, -0.15) is 0 Å². The van der Waals surface area contributed by atoms with Gasteiger partial charge in [-0.25, -0.2) is 8.42 Å². The van der Waals surface area contributed by atoms with E-state index >= 15 is 0 Å². The van der Waals surface area contributed by atoms with Crippen molar-refractivity contribution >= 4 is 21.4 Å². The van der Waals surface area contributed by atoms with E-state index in [0.29, 0.717) is 0 Å². The van der Waals surface area contributed by atoms with Crippen molar-refractivity contribution in [2.75, 3.05) is 0 Å². The second-order valence-corrected chi connectivity index (χ2v) is 7.07. The molecule has 0 radical (unpaired) electrons. The van der Waals surface area contributed by atoms with Gasteiger partial charge in [-0.1, -0.05) is 59.8 Å². The summed E-state index contributed by atoms with van der Waals surface area (Å²) < 4.78 is 25.5. The van der Waals surface area contributed by atoms with Gasteiger partial charge in [-0.3, -0.25) is 0 Å². The van der Waals surface area contributed by atoms with Crippen LogP contribution in [0.25, 0.3) is 0 Å². The maximum atomic E-state index is 12.8. The highest BCUT2D eigenvalue weighted by molar-refractivity contribution is 7.91. The van der Waals surface area contributed by atoms with Gasteiger partial charge in [0.2, 0.25) is 9.84 Å². The van der Waals surface area contributed by atoms with Gasteiger partial charge in [0, 0.05) is 5.56 Å². The zero-order chi connectivity index (χ0) is 17.0.